The topological polar surface area (TPSA) is 101 Å². The molecule has 0 aliphatic carbocycles. The summed E-state index contributed by atoms with van der Waals surface area (Å²) in [4.78, 5) is 22.7. The van der Waals surface area contributed by atoms with Crippen LogP contribution in [0.2, 0.25) is 0 Å². The lowest BCUT2D eigenvalue weighted by Crippen LogP contribution is -2.41. The van der Waals surface area contributed by atoms with Crippen LogP contribution in [0.5, 0.6) is 0 Å². The molecule has 2 fully saturated rings. The predicted molar refractivity (Wildman–Crippen MR) is 144 cm³/mol. The molecule has 3 aliphatic heterocycles. The molecule has 10 heteroatoms. The number of hydrogen-bond acceptors (Lipinski definition) is 7. The highest BCUT2D eigenvalue weighted by Gasteiger charge is 2.53. The quantitative estimate of drug-likeness (QED) is 0.293. The molecule has 38 heavy (non-hydrogen) atoms. The molecule has 2 aromatic carbocycles. The molecule has 9 nitrogen and oxygen atoms in total. The van der Waals surface area contributed by atoms with E-state index in [-0.39, 0.29) is 24.4 Å². The van der Waals surface area contributed by atoms with E-state index in [1.807, 2.05) is 42.5 Å². The smallest absolute Gasteiger partial charge is 0.453 e. The second kappa shape index (κ2) is 9.23. The molecule has 3 aliphatic rings. The second-order valence-electron chi connectivity index (χ2n) is 11.1. The van der Waals surface area contributed by atoms with Gasteiger partial charge in [-0.25, -0.2) is 9.78 Å². The van der Waals surface area contributed by atoms with Crippen molar-refractivity contribution in [3.8, 4) is 0 Å². The van der Waals surface area contributed by atoms with E-state index < -0.39 is 24.4 Å². The average molecular weight is 516 g/mol. The fourth-order valence-corrected chi connectivity index (χ4v) is 5.19. The number of carbonyl (C=O) groups is 1. The maximum atomic E-state index is 12.1. The molecule has 2 unspecified atom stereocenters. The van der Waals surface area contributed by atoms with E-state index in [0.29, 0.717) is 0 Å². The normalized spacial score (nSPS) is 26.6. The zero-order chi connectivity index (χ0) is 26.7. The number of hydrogen-bond donors (Lipinski definition) is 2. The Morgan fingerprint density at radius 1 is 1.16 bits per heavy atom. The minimum absolute atomic E-state index is 0.0766. The Morgan fingerprint density at radius 2 is 1.89 bits per heavy atom. The van der Waals surface area contributed by atoms with Crippen LogP contribution in [0.1, 0.15) is 51.2 Å². The first-order valence-corrected chi connectivity index (χ1v) is 13.0. The van der Waals surface area contributed by atoms with Crippen molar-refractivity contribution < 1.29 is 23.6 Å². The maximum Gasteiger partial charge on any atom is 0.494 e. The molecule has 0 saturated carbocycles. The van der Waals surface area contributed by atoms with Crippen molar-refractivity contribution in [2.75, 3.05) is 13.7 Å². The highest BCUT2D eigenvalue weighted by atomic mass is 16.7. The lowest BCUT2D eigenvalue weighted by atomic mass is 9.79. The summed E-state index contributed by atoms with van der Waals surface area (Å²) < 4.78 is 23.5. The predicted octanol–water partition coefficient (Wildman–Crippen LogP) is 3.60. The molecule has 0 spiro atoms. The van der Waals surface area contributed by atoms with Crippen molar-refractivity contribution in [2.24, 2.45) is 0 Å². The summed E-state index contributed by atoms with van der Waals surface area (Å²) in [5, 5.41) is 2.94. The number of nitrogens with zero attached hydrogens (tertiary/aromatic N) is 2. The van der Waals surface area contributed by atoms with Crippen LogP contribution in [0.4, 0.5) is 4.79 Å². The molecule has 4 atom stereocenters. The van der Waals surface area contributed by atoms with E-state index in [1.165, 1.54) is 7.11 Å². The number of aromatic amines is 1. The second-order valence-corrected chi connectivity index (χ2v) is 11.1. The zero-order valence-electron chi connectivity index (χ0n) is 22.3. The van der Waals surface area contributed by atoms with Crippen LogP contribution in [-0.2, 0) is 18.8 Å². The van der Waals surface area contributed by atoms with Gasteiger partial charge in [0.25, 0.3) is 0 Å². The summed E-state index contributed by atoms with van der Waals surface area (Å²) in [5.74, 6) is 0.839. The number of rotatable bonds is 6. The van der Waals surface area contributed by atoms with Crippen molar-refractivity contribution in [3.05, 3.63) is 72.1 Å². The number of imidazole rings is 1. The summed E-state index contributed by atoms with van der Waals surface area (Å²) in [6, 6.07) is 15.5. The van der Waals surface area contributed by atoms with Crippen molar-refractivity contribution in [1.29, 1.82) is 0 Å². The van der Waals surface area contributed by atoms with Crippen molar-refractivity contribution in [3.63, 3.8) is 0 Å². The standard InChI is InChI=1S/C28H33BN4O5/c1-27(2)28(3,4)38-29(37-27)18-13-14-19-20(16-18)31-24(30-19)21-12-9-15-33(21)25-23(36-25)22(32-26(34)35-5)17-10-7-6-8-11-17/h6-14,16,21-23,25H,15H2,1-5H3,(H,30,31)(H,32,34)/t21-,22+,23?,25?/m0/s1. The molecule has 0 bridgehead atoms. The van der Waals surface area contributed by atoms with E-state index in [1.54, 1.807) is 0 Å². The molecule has 1 aromatic heterocycles. The summed E-state index contributed by atoms with van der Waals surface area (Å²) in [6.07, 6.45) is 3.39. The Balaban J connectivity index is 1.21. The summed E-state index contributed by atoms with van der Waals surface area (Å²) in [5.41, 5.74) is 2.92. The minimum atomic E-state index is -0.487. The lowest BCUT2D eigenvalue weighted by Gasteiger charge is -2.32. The van der Waals surface area contributed by atoms with Gasteiger partial charge in [0.1, 0.15) is 18.2 Å². The Hall–Kier alpha value is -3.18. The van der Waals surface area contributed by atoms with E-state index in [4.69, 9.17) is 23.8 Å². The first kappa shape index (κ1) is 25.1. The molecule has 1 amide bonds. The number of alkyl carbamates (subject to hydrolysis) is 1. The van der Waals surface area contributed by atoms with Crippen LogP contribution in [0.25, 0.3) is 11.0 Å². The molecule has 2 saturated heterocycles. The van der Waals surface area contributed by atoms with Crippen molar-refractivity contribution in [2.45, 2.75) is 63.3 Å². The third-order valence-corrected chi connectivity index (χ3v) is 8.10. The number of H-pyrrole nitrogens is 1. The summed E-state index contributed by atoms with van der Waals surface area (Å²) in [7, 11) is 0.930. The Kier molecular flexibility index (Phi) is 6.10. The number of amides is 1. The van der Waals surface area contributed by atoms with Crippen LogP contribution in [-0.4, -0.2) is 65.3 Å². The van der Waals surface area contributed by atoms with E-state index in [0.717, 1.165) is 34.4 Å². The van der Waals surface area contributed by atoms with Gasteiger partial charge in [0.15, 0.2) is 0 Å². The van der Waals surface area contributed by atoms with Gasteiger partial charge < -0.3 is 29.1 Å². The van der Waals surface area contributed by atoms with E-state index >= 15 is 0 Å². The highest BCUT2D eigenvalue weighted by Crippen LogP contribution is 2.42. The van der Waals surface area contributed by atoms with Gasteiger partial charge in [-0.1, -0.05) is 48.6 Å². The van der Waals surface area contributed by atoms with Gasteiger partial charge in [0.2, 0.25) is 0 Å². The zero-order valence-corrected chi connectivity index (χ0v) is 22.3. The van der Waals surface area contributed by atoms with Gasteiger partial charge in [-0.2, -0.15) is 0 Å². The lowest BCUT2D eigenvalue weighted by molar-refractivity contribution is 0.00578. The molecule has 198 valence electrons. The Labute approximate surface area is 222 Å². The SMILES string of the molecule is COC(=O)N[C@H](c1ccccc1)C1OC1N1CC=C[C@H]1c1nc2ccc(B3OC(C)(C)C(C)(C)O3)cc2[nH]1. The van der Waals surface area contributed by atoms with Gasteiger partial charge in [-0.3, -0.25) is 4.90 Å². The minimum Gasteiger partial charge on any atom is -0.453 e. The number of fused-ring (bicyclic) bond motifs is 1. The van der Waals surface area contributed by atoms with Crippen molar-refractivity contribution in [1.82, 2.24) is 20.2 Å². The number of epoxide rings is 1. The van der Waals surface area contributed by atoms with E-state index in [2.05, 4.69) is 61.1 Å². The van der Waals surface area contributed by atoms with Gasteiger partial charge >= 0.3 is 13.2 Å². The van der Waals surface area contributed by atoms with Crippen LogP contribution in [0.3, 0.4) is 0 Å². The fraction of sp³-hybridized carbons (Fsp3) is 0.429. The van der Waals surface area contributed by atoms with E-state index in [9.17, 15) is 4.79 Å². The first-order valence-electron chi connectivity index (χ1n) is 13.0. The number of carbonyl (C=O) groups excluding carboxylic acids is 1. The largest absolute Gasteiger partial charge is 0.494 e. The third-order valence-electron chi connectivity index (χ3n) is 8.10. The summed E-state index contributed by atoms with van der Waals surface area (Å²) >= 11 is 0. The summed E-state index contributed by atoms with van der Waals surface area (Å²) in [6.45, 7) is 8.93. The van der Waals surface area contributed by atoms with Gasteiger partial charge in [-0.05, 0) is 50.9 Å². The number of benzene rings is 2. The fourth-order valence-electron chi connectivity index (χ4n) is 5.19. The van der Waals surface area contributed by atoms with Crippen LogP contribution in [0.15, 0.2) is 60.7 Å². The van der Waals surface area contributed by atoms with Gasteiger partial charge in [-0.15, -0.1) is 0 Å². The molecule has 4 heterocycles. The Bertz CT molecular complexity index is 1360. The monoisotopic (exact) mass is 516 g/mol. The first-order chi connectivity index (χ1) is 18.2. The molecular formula is C28H33BN4O5. The third kappa shape index (κ3) is 4.41. The molecule has 0 radical (unpaired) electrons. The molecule has 6 rings (SSSR count). The maximum absolute atomic E-state index is 12.1. The number of nitrogens with one attached hydrogen (secondary N) is 2. The van der Waals surface area contributed by atoms with Gasteiger partial charge in [0.05, 0.1) is 41.4 Å². The van der Waals surface area contributed by atoms with Gasteiger partial charge in [0, 0.05) is 6.54 Å². The molecule has 3 aromatic rings. The van der Waals surface area contributed by atoms with Crippen LogP contribution in [0, 0.1) is 0 Å². The number of ether oxygens (including phenoxy) is 2. The molecular weight excluding hydrogens is 483 g/mol. The number of methoxy groups -OCH3 is 1. The van der Waals surface area contributed by atoms with Crippen molar-refractivity contribution >= 4 is 29.7 Å². The average Bonchev–Trinajstić information content (AvgIpc) is 3.22. The highest BCUT2D eigenvalue weighted by molar-refractivity contribution is 6.62. The van der Waals surface area contributed by atoms with Crippen LogP contribution < -0.4 is 10.8 Å². The number of aromatic nitrogens is 2. The van der Waals surface area contributed by atoms with Crippen LogP contribution >= 0.6 is 0 Å². The molecule has 2 N–H and O–H groups in total. The Morgan fingerprint density at radius 3 is 2.61 bits per heavy atom.